The summed E-state index contributed by atoms with van der Waals surface area (Å²) in [6, 6.07) is 1.62. The highest BCUT2D eigenvalue weighted by atomic mass is 32.2. The molecule has 0 amide bonds. The molecule has 1 aromatic rings. The zero-order valence-electron chi connectivity index (χ0n) is 9.34. The third kappa shape index (κ3) is 3.74. The third-order valence-electron chi connectivity index (χ3n) is 2.01. The smallest absolute Gasteiger partial charge is 0.238 e. The van der Waals surface area contributed by atoms with Crippen molar-refractivity contribution in [1.29, 1.82) is 0 Å². The standard InChI is InChI=1S/C9H16N4O2S/c1-3-10-7-8(2)16(14,15)13-9-11-5-4-6-12-9/h4-6,8,10H,3,7H2,1-2H3,(H,11,12,13). The molecule has 7 heteroatoms. The molecule has 1 atom stereocenters. The SMILES string of the molecule is CCNCC(C)S(=O)(=O)Nc1ncccn1. The molecule has 16 heavy (non-hydrogen) atoms. The summed E-state index contributed by atoms with van der Waals surface area (Å²) in [6.45, 7) is 4.70. The molecule has 2 N–H and O–H groups in total. The Balaban J connectivity index is 2.65. The summed E-state index contributed by atoms with van der Waals surface area (Å²) in [5.74, 6) is 0.103. The van der Waals surface area contributed by atoms with Gasteiger partial charge < -0.3 is 5.32 Å². The molecule has 0 bridgehead atoms. The molecule has 1 heterocycles. The maximum atomic E-state index is 11.8. The number of nitrogens with zero attached hydrogens (tertiary/aromatic N) is 2. The molecule has 0 aliphatic heterocycles. The number of nitrogens with one attached hydrogen (secondary N) is 2. The van der Waals surface area contributed by atoms with Crippen molar-refractivity contribution in [2.75, 3.05) is 17.8 Å². The second kappa shape index (κ2) is 5.76. The first-order valence-corrected chi connectivity index (χ1v) is 6.60. The molecule has 90 valence electrons. The van der Waals surface area contributed by atoms with Crippen molar-refractivity contribution in [3.8, 4) is 0 Å². The van der Waals surface area contributed by atoms with E-state index in [-0.39, 0.29) is 5.95 Å². The van der Waals surface area contributed by atoms with Crippen LogP contribution in [0.15, 0.2) is 18.5 Å². The zero-order valence-corrected chi connectivity index (χ0v) is 10.2. The highest BCUT2D eigenvalue weighted by Gasteiger charge is 2.20. The van der Waals surface area contributed by atoms with E-state index in [9.17, 15) is 8.42 Å². The van der Waals surface area contributed by atoms with Crippen LogP contribution in [0.5, 0.6) is 0 Å². The monoisotopic (exact) mass is 244 g/mol. The van der Waals surface area contributed by atoms with Gasteiger partial charge in [0.15, 0.2) is 0 Å². The van der Waals surface area contributed by atoms with E-state index < -0.39 is 15.3 Å². The summed E-state index contributed by atoms with van der Waals surface area (Å²) in [4.78, 5) is 7.61. The van der Waals surface area contributed by atoms with Crippen LogP contribution >= 0.6 is 0 Å². The van der Waals surface area contributed by atoms with Crippen LogP contribution in [0.2, 0.25) is 0 Å². The molecular formula is C9H16N4O2S. The van der Waals surface area contributed by atoms with Crippen LogP contribution in [0.1, 0.15) is 13.8 Å². The Labute approximate surface area is 95.6 Å². The molecule has 6 nitrogen and oxygen atoms in total. The number of hydrogen-bond acceptors (Lipinski definition) is 5. The van der Waals surface area contributed by atoms with Gasteiger partial charge in [0.1, 0.15) is 0 Å². The summed E-state index contributed by atoms with van der Waals surface area (Å²) < 4.78 is 25.9. The first-order chi connectivity index (χ1) is 7.56. The summed E-state index contributed by atoms with van der Waals surface area (Å²) in [7, 11) is -3.42. The lowest BCUT2D eigenvalue weighted by Crippen LogP contribution is -2.35. The van der Waals surface area contributed by atoms with E-state index in [2.05, 4.69) is 20.0 Å². The summed E-state index contributed by atoms with van der Waals surface area (Å²) in [6.07, 6.45) is 2.97. The predicted octanol–water partition coefficient (Wildman–Crippen LogP) is 0.216. The van der Waals surface area contributed by atoms with Gasteiger partial charge in [0.05, 0.1) is 5.25 Å². The van der Waals surface area contributed by atoms with Gasteiger partial charge in [-0.25, -0.2) is 18.4 Å². The molecule has 0 saturated heterocycles. The van der Waals surface area contributed by atoms with Crippen LogP contribution < -0.4 is 10.0 Å². The zero-order chi connectivity index (χ0) is 12.0. The molecule has 0 spiro atoms. The van der Waals surface area contributed by atoms with Crippen molar-refractivity contribution in [3.63, 3.8) is 0 Å². The fourth-order valence-corrected chi connectivity index (χ4v) is 1.94. The average molecular weight is 244 g/mol. The third-order valence-corrected chi connectivity index (χ3v) is 3.70. The normalized spacial score (nSPS) is 13.4. The van der Waals surface area contributed by atoms with Crippen LogP contribution in [-0.4, -0.2) is 36.7 Å². The van der Waals surface area contributed by atoms with E-state index in [0.29, 0.717) is 6.54 Å². The molecule has 0 aliphatic rings. The number of sulfonamides is 1. The maximum Gasteiger partial charge on any atom is 0.238 e. The number of aromatic nitrogens is 2. The van der Waals surface area contributed by atoms with Gasteiger partial charge in [0, 0.05) is 18.9 Å². The highest BCUT2D eigenvalue weighted by molar-refractivity contribution is 7.93. The maximum absolute atomic E-state index is 11.8. The fourth-order valence-electron chi connectivity index (χ4n) is 1.04. The first-order valence-electron chi connectivity index (χ1n) is 5.05. The largest absolute Gasteiger partial charge is 0.316 e. The van der Waals surface area contributed by atoms with Gasteiger partial charge in [-0.3, -0.25) is 4.72 Å². The Kier molecular flexibility index (Phi) is 4.63. The van der Waals surface area contributed by atoms with Gasteiger partial charge in [0.25, 0.3) is 0 Å². The van der Waals surface area contributed by atoms with Crippen molar-refractivity contribution in [1.82, 2.24) is 15.3 Å². The van der Waals surface area contributed by atoms with Crippen molar-refractivity contribution in [2.45, 2.75) is 19.1 Å². The van der Waals surface area contributed by atoms with Crippen LogP contribution in [0, 0.1) is 0 Å². The van der Waals surface area contributed by atoms with Crippen LogP contribution in [0.25, 0.3) is 0 Å². The Hall–Kier alpha value is -1.21. The minimum atomic E-state index is -3.42. The van der Waals surface area contributed by atoms with Crippen LogP contribution in [0.3, 0.4) is 0 Å². The molecule has 0 fully saturated rings. The van der Waals surface area contributed by atoms with Crippen molar-refractivity contribution in [2.24, 2.45) is 0 Å². The van der Waals surface area contributed by atoms with Crippen molar-refractivity contribution < 1.29 is 8.42 Å². The number of rotatable bonds is 6. The van der Waals surface area contributed by atoms with Gasteiger partial charge in [-0.1, -0.05) is 6.92 Å². The molecular weight excluding hydrogens is 228 g/mol. The minimum Gasteiger partial charge on any atom is -0.316 e. The van der Waals surface area contributed by atoms with E-state index in [1.54, 1.807) is 13.0 Å². The van der Waals surface area contributed by atoms with E-state index in [1.165, 1.54) is 12.4 Å². The molecule has 0 saturated carbocycles. The Morgan fingerprint density at radius 1 is 1.38 bits per heavy atom. The topological polar surface area (TPSA) is 84.0 Å². The molecule has 1 unspecified atom stereocenters. The van der Waals surface area contributed by atoms with Gasteiger partial charge in [-0.15, -0.1) is 0 Å². The average Bonchev–Trinajstić information content (AvgIpc) is 2.26. The summed E-state index contributed by atoms with van der Waals surface area (Å²) >= 11 is 0. The Morgan fingerprint density at radius 3 is 2.56 bits per heavy atom. The van der Waals surface area contributed by atoms with Gasteiger partial charge in [0.2, 0.25) is 16.0 Å². The summed E-state index contributed by atoms with van der Waals surface area (Å²) in [5.41, 5.74) is 0. The second-order valence-electron chi connectivity index (χ2n) is 3.34. The van der Waals surface area contributed by atoms with Gasteiger partial charge in [-0.05, 0) is 19.5 Å². The quantitative estimate of drug-likeness (QED) is 0.747. The first kappa shape index (κ1) is 12.9. The number of anilines is 1. The lowest BCUT2D eigenvalue weighted by molar-refractivity contribution is 0.579. The van der Waals surface area contributed by atoms with Crippen molar-refractivity contribution in [3.05, 3.63) is 18.5 Å². The minimum absolute atomic E-state index is 0.103. The van der Waals surface area contributed by atoms with E-state index in [4.69, 9.17) is 0 Å². The predicted molar refractivity (Wildman–Crippen MR) is 62.6 cm³/mol. The lowest BCUT2D eigenvalue weighted by Gasteiger charge is -2.13. The molecule has 0 aliphatic carbocycles. The summed E-state index contributed by atoms with van der Waals surface area (Å²) in [5, 5.41) is 2.45. The highest BCUT2D eigenvalue weighted by Crippen LogP contribution is 2.04. The van der Waals surface area contributed by atoms with Gasteiger partial charge >= 0.3 is 0 Å². The molecule has 1 rings (SSSR count). The molecule has 0 radical (unpaired) electrons. The van der Waals surface area contributed by atoms with Crippen LogP contribution in [0.4, 0.5) is 5.95 Å². The Morgan fingerprint density at radius 2 is 2.00 bits per heavy atom. The Bertz CT molecular complexity index is 407. The molecule has 1 aromatic heterocycles. The lowest BCUT2D eigenvalue weighted by atomic mass is 10.5. The molecule has 0 aromatic carbocycles. The van der Waals surface area contributed by atoms with Crippen LogP contribution in [-0.2, 0) is 10.0 Å². The fraction of sp³-hybridized carbons (Fsp3) is 0.556. The van der Waals surface area contributed by atoms with E-state index in [1.807, 2.05) is 6.92 Å². The second-order valence-corrected chi connectivity index (χ2v) is 5.44. The van der Waals surface area contributed by atoms with Gasteiger partial charge in [-0.2, -0.15) is 0 Å². The van der Waals surface area contributed by atoms with Crippen molar-refractivity contribution >= 4 is 16.0 Å². The van der Waals surface area contributed by atoms with E-state index in [0.717, 1.165) is 6.54 Å². The number of hydrogen-bond donors (Lipinski definition) is 2. The van der Waals surface area contributed by atoms with E-state index >= 15 is 0 Å².